The Morgan fingerprint density at radius 1 is 1.64 bits per heavy atom. The van der Waals surface area contributed by atoms with Crippen molar-refractivity contribution in [3.63, 3.8) is 0 Å². The second-order valence-electron chi connectivity index (χ2n) is 3.51. The summed E-state index contributed by atoms with van der Waals surface area (Å²) in [5.41, 5.74) is 1.21. The summed E-state index contributed by atoms with van der Waals surface area (Å²) in [5, 5.41) is 14.4. The molecule has 0 spiro atoms. The first kappa shape index (κ1) is 11.2. The summed E-state index contributed by atoms with van der Waals surface area (Å²) in [7, 11) is 0. The van der Waals surface area contributed by atoms with Crippen LogP contribution >= 0.6 is 11.3 Å². The third-order valence-electron chi connectivity index (χ3n) is 2.36. The summed E-state index contributed by atoms with van der Waals surface area (Å²) in [6.45, 7) is 6.27. The van der Waals surface area contributed by atoms with Gasteiger partial charge in [-0.3, -0.25) is 5.32 Å². The molecule has 76 valence electrons. The molecular formula is C11H16N2S. The largest absolute Gasteiger partial charge is 0.295 e. The number of hydrogen-bond acceptors (Lipinski definition) is 3. The van der Waals surface area contributed by atoms with Crippen LogP contribution in [-0.2, 0) is 0 Å². The van der Waals surface area contributed by atoms with Crippen LogP contribution in [0.4, 0.5) is 0 Å². The Bertz CT molecular complexity index is 324. The third-order valence-corrected chi connectivity index (χ3v) is 3.44. The van der Waals surface area contributed by atoms with E-state index in [0.29, 0.717) is 6.04 Å². The molecule has 2 unspecified atom stereocenters. The summed E-state index contributed by atoms with van der Waals surface area (Å²) < 4.78 is 0. The fourth-order valence-corrected chi connectivity index (χ4v) is 2.18. The number of rotatable bonds is 4. The molecule has 1 rings (SSSR count). The molecule has 0 amide bonds. The fraction of sp³-hybridized carbons (Fsp3) is 0.545. The van der Waals surface area contributed by atoms with Crippen LogP contribution in [-0.4, -0.2) is 6.04 Å². The van der Waals surface area contributed by atoms with Crippen molar-refractivity contribution in [3.8, 4) is 6.07 Å². The van der Waals surface area contributed by atoms with Crippen LogP contribution in [0.25, 0.3) is 0 Å². The van der Waals surface area contributed by atoms with Gasteiger partial charge in [-0.1, -0.05) is 6.92 Å². The highest BCUT2D eigenvalue weighted by molar-refractivity contribution is 7.10. The molecule has 0 fully saturated rings. The molecule has 0 bridgehead atoms. The predicted octanol–water partition coefficient (Wildman–Crippen LogP) is 3.01. The summed E-state index contributed by atoms with van der Waals surface area (Å²) >= 11 is 1.65. The zero-order valence-corrected chi connectivity index (χ0v) is 9.69. The van der Waals surface area contributed by atoms with E-state index in [2.05, 4.69) is 38.2 Å². The SMILES string of the molecule is CCC(C)NC(C#N)c1sccc1C. The smallest absolute Gasteiger partial charge is 0.131 e. The molecule has 0 aliphatic carbocycles. The van der Waals surface area contributed by atoms with Crippen LogP contribution in [0.3, 0.4) is 0 Å². The van der Waals surface area contributed by atoms with E-state index in [-0.39, 0.29) is 6.04 Å². The second kappa shape index (κ2) is 5.14. The Balaban J connectivity index is 2.74. The van der Waals surface area contributed by atoms with Gasteiger partial charge in [-0.2, -0.15) is 5.26 Å². The van der Waals surface area contributed by atoms with E-state index in [1.807, 2.05) is 5.38 Å². The quantitative estimate of drug-likeness (QED) is 0.825. The van der Waals surface area contributed by atoms with Crippen molar-refractivity contribution >= 4 is 11.3 Å². The average Bonchev–Trinajstić information content (AvgIpc) is 2.60. The van der Waals surface area contributed by atoms with Crippen LogP contribution in [0.15, 0.2) is 11.4 Å². The van der Waals surface area contributed by atoms with Gasteiger partial charge in [-0.15, -0.1) is 11.3 Å². The van der Waals surface area contributed by atoms with Gasteiger partial charge in [-0.05, 0) is 37.3 Å². The van der Waals surface area contributed by atoms with E-state index in [1.165, 1.54) is 5.56 Å². The predicted molar refractivity (Wildman–Crippen MR) is 60.3 cm³/mol. The molecule has 1 aromatic heterocycles. The molecule has 0 aromatic carbocycles. The topological polar surface area (TPSA) is 35.8 Å². The lowest BCUT2D eigenvalue weighted by atomic mass is 10.1. The lowest BCUT2D eigenvalue weighted by Crippen LogP contribution is -2.28. The van der Waals surface area contributed by atoms with Gasteiger partial charge >= 0.3 is 0 Å². The van der Waals surface area contributed by atoms with Gasteiger partial charge in [0.05, 0.1) is 6.07 Å². The minimum Gasteiger partial charge on any atom is -0.295 e. The summed E-state index contributed by atoms with van der Waals surface area (Å²) in [6, 6.07) is 4.61. The molecule has 0 saturated carbocycles. The van der Waals surface area contributed by atoms with Crippen molar-refractivity contribution < 1.29 is 0 Å². The third kappa shape index (κ3) is 2.57. The Labute approximate surface area is 89.6 Å². The van der Waals surface area contributed by atoms with Crippen molar-refractivity contribution in [3.05, 3.63) is 21.9 Å². The number of nitriles is 1. The van der Waals surface area contributed by atoms with Gasteiger partial charge in [0.1, 0.15) is 6.04 Å². The monoisotopic (exact) mass is 208 g/mol. The van der Waals surface area contributed by atoms with Crippen molar-refractivity contribution in [1.29, 1.82) is 5.26 Å². The molecule has 2 atom stereocenters. The molecule has 1 aromatic rings. The highest BCUT2D eigenvalue weighted by atomic mass is 32.1. The molecule has 0 radical (unpaired) electrons. The Morgan fingerprint density at radius 3 is 2.79 bits per heavy atom. The van der Waals surface area contributed by atoms with E-state index in [1.54, 1.807) is 11.3 Å². The number of thiophene rings is 1. The maximum Gasteiger partial charge on any atom is 0.131 e. The van der Waals surface area contributed by atoms with Gasteiger partial charge in [0.15, 0.2) is 0 Å². The van der Waals surface area contributed by atoms with Crippen LogP contribution in [0, 0.1) is 18.3 Å². The first-order valence-corrected chi connectivity index (χ1v) is 5.76. The first-order valence-electron chi connectivity index (χ1n) is 4.88. The van der Waals surface area contributed by atoms with Crippen LogP contribution in [0.5, 0.6) is 0 Å². The summed E-state index contributed by atoms with van der Waals surface area (Å²) in [4.78, 5) is 1.15. The molecule has 14 heavy (non-hydrogen) atoms. The normalized spacial score (nSPS) is 14.7. The van der Waals surface area contributed by atoms with E-state index in [4.69, 9.17) is 5.26 Å². The Kier molecular flexibility index (Phi) is 4.12. The van der Waals surface area contributed by atoms with Crippen molar-refractivity contribution in [2.24, 2.45) is 0 Å². The number of nitrogens with zero attached hydrogens (tertiary/aromatic N) is 1. The van der Waals surface area contributed by atoms with Gasteiger partial charge < -0.3 is 0 Å². The lowest BCUT2D eigenvalue weighted by molar-refractivity contribution is 0.504. The van der Waals surface area contributed by atoms with E-state index in [0.717, 1.165) is 11.3 Å². The van der Waals surface area contributed by atoms with Crippen LogP contribution in [0.1, 0.15) is 36.8 Å². The molecule has 0 saturated heterocycles. The summed E-state index contributed by atoms with van der Waals surface area (Å²) in [5.74, 6) is 0. The second-order valence-corrected chi connectivity index (χ2v) is 4.45. The minimum absolute atomic E-state index is 0.148. The van der Waals surface area contributed by atoms with Crippen LogP contribution in [0.2, 0.25) is 0 Å². The molecule has 1 N–H and O–H groups in total. The van der Waals surface area contributed by atoms with Gasteiger partial charge in [0, 0.05) is 10.9 Å². The van der Waals surface area contributed by atoms with E-state index >= 15 is 0 Å². The maximum absolute atomic E-state index is 9.06. The van der Waals surface area contributed by atoms with Crippen molar-refractivity contribution in [1.82, 2.24) is 5.32 Å². The molecule has 1 heterocycles. The van der Waals surface area contributed by atoms with E-state index in [9.17, 15) is 0 Å². The zero-order chi connectivity index (χ0) is 10.6. The number of hydrogen-bond donors (Lipinski definition) is 1. The fourth-order valence-electron chi connectivity index (χ4n) is 1.25. The van der Waals surface area contributed by atoms with Gasteiger partial charge in [0.2, 0.25) is 0 Å². The summed E-state index contributed by atoms with van der Waals surface area (Å²) in [6.07, 6.45) is 1.04. The molecular weight excluding hydrogens is 192 g/mol. The Morgan fingerprint density at radius 2 is 2.36 bits per heavy atom. The molecule has 0 aliphatic rings. The maximum atomic E-state index is 9.06. The molecule has 2 nitrogen and oxygen atoms in total. The average molecular weight is 208 g/mol. The standard InChI is InChI=1S/C11H16N2S/c1-4-9(3)13-10(7-12)11-8(2)5-6-14-11/h5-6,9-10,13H,4H2,1-3H3. The minimum atomic E-state index is -0.148. The number of nitrogens with one attached hydrogen (secondary N) is 1. The lowest BCUT2D eigenvalue weighted by Gasteiger charge is -2.16. The van der Waals surface area contributed by atoms with Crippen molar-refractivity contribution in [2.45, 2.75) is 39.3 Å². The number of aryl methyl sites for hydroxylation is 1. The molecule has 3 heteroatoms. The van der Waals surface area contributed by atoms with Crippen molar-refractivity contribution in [2.75, 3.05) is 0 Å². The molecule has 0 aliphatic heterocycles. The van der Waals surface area contributed by atoms with Gasteiger partial charge in [-0.25, -0.2) is 0 Å². The zero-order valence-electron chi connectivity index (χ0n) is 8.87. The van der Waals surface area contributed by atoms with Gasteiger partial charge in [0.25, 0.3) is 0 Å². The van der Waals surface area contributed by atoms with E-state index < -0.39 is 0 Å². The highest BCUT2D eigenvalue weighted by Gasteiger charge is 2.15. The Hall–Kier alpha value is -0.850. The first-order chi connectivity index (χ1) is 6.69. The van der Waals surface area contributed by atoms with Crippen LogP contribution < -0.4 is 5.32 Å². The highest BCUT2D eigenvalue weighted by Crippen LogP contribution is 2.23.